The van der Waals surface area contributed by atoms with E-state index in [1.807, 2.05) is 30.2 Å². The van der Waals surface area contributed by atoms with E-state index >= 15 is 0 Å². The molecule has 4 heterocycles. The van der Waals surface area contributed by atoms with Crippen LogP contribution in [0.3, 0.4) is 0 Å². The summed E-state index contributed by atoms with van der Waals surface area (Å²) in [4.78, 5) is 23.7. The lowest BCUT2D eigenvalue weighted by Crippen LogP contribution is -2.39. The highest BCUT2D eigenvalue weighted by Crippen LogP contribution is 2.29. The van der Waals surface area contributed by atoms with Gasteiger partial charge in [0.15, 0.2) is 0 Å². The van der Waals surface area contributed by atoms with E-state index in [1.165, 1.54) is 11.5 Å². The van der Waals surface area contributed by atoms with E-state index in [4.69, 9.17) is 9.72 Å². The number of carbonyl (C=O) groups excluding carboxylic acids is 1. The lowest BCUT2D eigenvalue weighted by molar-refractivity contribution is 0.0679. The first kappa shape index (κ1) is 19.1. The molecule has 2 aliphatic rings. The number of hydrogen-bond acceptors (Lipinski definition) is 4. The first-order valence-corrected chi connectivity index (χ1v) is 10.4. The van der Waals surface area contributed by atoms with Gasteiger partial charge in [-0.15, -0.1) is 0 Å². The zero-order chi connectivity index (χ0) is 19.5. The van der Waals surface area contributed by atoms with E-state index in [0.717, 1.165) is 64.2 Å². The van der Waals surface area contributed by atoms with Gasteiger partial charge in [-0.25, -0.2) is 4.98 Å². The Morgan fingerprint density at radius 2 is 1.82 bits per heavy atom. The molecule has 0 radical (unpaired) electrons. The number of rotatable bonds is 4. The Balaban J connectivity index is 1.36. The van der Waals surface area contributed by atoms with Crippen molar-refractivity contribution in [2.45, 2.75) is 52.0 Å². The van der Waals surface area contributed by atoms with E-state index in [2.05, 4.69) is 16.5 Å². The minimum Gasteiger partial charge on any atom is -0.381 e. The first-order valence-electron chi connectivity index (χ1n) is 10.4. The van der Waals surface area contributed by atoms with Crippen molar-refractivity contribution in [1.29, 1.82) is 0 Å². The van der Waals surface area contributed by atoms with Crippen molar-refractivity contribution >= 4 is 5.91 Å². The van der Waals surface area contributed by atoms with Crippen molar-refractivity contribution in [1.82, 2.24) is 19.4 Å². The molecule has 0 unspecified atom stereocenters. The van der Waals surface area contributed by atoms with Crippen LogP contribution in [0.25, 0.3) is 0 Å². The van der Waals surface area contributed by atoms with Gasteiger partial charge in [-0.2, -0.15) is 0 Å². The summed E-state index contributed by atoms with van der Waals surface area (Å²) in [5.41, 5.74) is 2.87. The molecule has 150 valence electrons. The summed E-state index contributed by atoms with van der Waals surface area (Å²) in [6, 6.07) is 3.78. The highest BCUT2D eigenvalue weighted by Gasteiger charge is 2.27. The van der Waals surface area contributed by atoms with Gasteiger partial charge < -0.3 is 14.2 Å². The predicted octanol–water partition coefficient (Wildman–Crippen LogP) is 3.34. The molecule has 0 atom stereocenters. The molecule has 0 saturated carbocycles. The Hall–Kier alpha value is -2.21. The van der Waals surface area contributed by atoms with Gasteiger partial charge in [-0.3, -0.25) is 9.78 Å². The smallest absolute Gasteiger partial charge is 0.255 e. The van der Waals surface area contributed by atoms with Gasteiger partial charge in [0.05, 0.1) is 5.56 Å². The monoisotopic (exact) mass is 382 g/mol. The third kappa shape index (κ3) is 4.12. The molecule has 2 aromatic heterocycles. The van der Waals surface area contributed by atoms with Crippen molar-refractivity contribution in [3.8, 4) is 0 Å². The van der Waals surface area contributed by atoms with Gasteiger partial charge >= 0.3 is 0 Å². The molecule has 0 bridgehead atoms. The van der Waals surface area contributed by atoms with Gasteiger partial charge in [0.1, 0.15) is 5.82 Å². The molecular weight excluding hydrogens is 352 g/mol. The minimum atomic E-state index is 0.104. The van der Waals surface area contributed by atoms with Crippen LogP contribution in [0.4, 0.5) is 0 Å². The normalized spacial score (nSPS) is 19.1. The number of amides is 1. The zero-order valence-electron chi connectivity index (χ0n) is 16.9. The second-order valence-corrected chi connectivity index (χ2v) is 8.18. The average Bonchev–Trinajstić information content (AvgIpc) is 3.09. The summed E-state index contributed by atoms with van der Waals surface area (Å²) in [6.45, 7) is 8.41. The number of likely N-dealkylation sites (tertiary alicyclic amines) is 1. The van der Waals surface area contributed by atoms with E-state index in [1.54, 1.807) is 6.20 Å². The lowest BCUT2D eigenvalue weighted by atomic mass is 9.95. The number of nitrogens with zero attached hydrogens (tertiary/aromatic N) is 4. The number of aryl methyl sites for hydroxylation is 2. The summed E-state index contributed by atoms with van der Waals surface area (Å²) in [5, 5.41) is 0. The summed E-state index contributed by atoms with van der Waals surface area (Å²) in [5.74, 6) is 2.43. The van der Waals surface area contributed by atoms with Crippen LogP contribution in [-0.4, -0.2) is 51.6 Å². The number of piperidine rings is 1. The van der Waals surface area contributed by atoms with Crippen LogP contribution < -0.4 is 0 Å². The predicted molar refractivity (Wildman–Crippen MR) is 107 cm³/mol. The Morgan fingerprint density at radius 1 is 1.07 bits per heavy atom. The highest BCUT2D eigenvalue weighted by atomic mass is 16.5. The van der Waals surface area contributed by atoms with E-state index in [-0.39, 0.29) is 5.91 Å². The Bertz CT molecular complexity index is 800. The minimum absolute atomic E-state index is 0.104. The molecule has 1 amide bonds. The van der Waals surface area contributed by atoms with Crippen LogP contribution in [0.1, 0.15) is 59.2 Å². The largest absolute Gasteiger partial charge is 0.381 e. The van der Waals surface area contributed by atoms with E-state index in [0.29, 0.717) is 17.4 Å². The van der Waals surface area contributed by atoms with Gasteiger partial charge in [-0.05, 0) is 57.6 Å². The topological polar surface area (TPSA) is 60.2 Å². The molecule has 0 aromatic carbocycles. The highest BCUT2D eigenvalue weighted by molar-refractivity contribution is 5.93. The number of imidazole rings is 1. The second-order valence-electron chi connectivity index (χ2n) is 8.18. The number of carbonyl (C=O) groups is 1. The molecule has 2 aliphatic heterocycles. The molecule has 2 aromatic rings. The molecule has 2 fully saturated rings. The molecular formula is C22H30N4O2. The van der Waals surface area contributed by atoms with E-state index in [9.17, 15) is 4.79 Å². The van der Waals surface area contributed by atoms with Crippen molar-refractivity contribution in [3.05, 3.63) is 47.3 Å². The van der Waals surface area contributed by atoms with Gasteiger partial charge in [0, 0.05) is 62.5 Å². The average molecular weight is 383 g/mol. The van der Waals surface area contributed by atoms with Crippen molar-refractivity contribution in [2.75, 3.05) is 26.3 Å². The number of aromatic nitrogens is 3. The number of hydrogen-bond donors (Lipinski definition) is 0. The molecule has 0 spiro atoms. The fraction of sp³-hybridized carbons (Fsp3) is 0.591. The standard InChI is InChI=1S/C22H30N4O2/c1-16-3-4-20(14-23-16)22(27)25-9-5-18(6-10-25)15-26-17(2)13-24-21(26)19-7-11-28-12-8-19/h3-4,13-14,18-19H,5-12,15H2,1-2H3. The third-order valence-electron chi connectivity index (χ3n) is 6.17. The fourth-order valence-electron chi connectivity index (χ4n) is 4.35. The summed E-state index contributed by atoms with van der Waals surface area (Å²) >= 11 is 0. The summed E-state index contributed by atoms with van der Waals surface area (Å²) in [6.07, 6.45) is 7.90. The van der Waals surface area contributed by atoms with Gasteiger partial charge in [-0.1, -0.05) is 0 Å². The molecule has 6 nitrogen and oxygen atoms in total. The van der Waals surface area contributed by atoms with Crippen molar-refractivity contribution in [3.63, 3.8) is 0 Å². The Morgan fingerprint density at radius 3 is 2.50 bits per heavy atom. The molecule has 0 aliphatic carbocycles. The van der Waals surface area contributed by atoms with Crippen LogP contribution in [0, 0.1) is 19.8 Å². The van der Waals surface area contributed by atoms with E-state index < -0.39 is 0 Å². The Kier molecular flexibility index (Phi) is 5.76. The maximum atomic E-state index is 12.7. The molecule has 4 rings (SSSR count). The van der Waals surface area contributed by atoms with Crippen LogP contribution >= 0.6 is 0 Å². The summed E-state index contributed by atoms with van der Waals surface area (Å²) < 4.78 is 7.93. The van der Waals surface area contributed by atoms with Crippen LogP contribution in [0.5, 0.6) is 0 Å². The maximum Gasteiger partial charge on any atom is 0.255 e. The van der Waals surface area contributed by atoms with Crippen LogP contribution in [-0.2, 0) is 11.3 Å². The number of pyridine rings is 1. The van der Waals surface area contributed by atoms with Crippen molar-refractivity contribution in [2.24, 2.45) is 5.92 Å². The summed E-state index contributed by atoms with van der Waals surface area (Å²) in [7, 11) is 0. The lowest BCUT2D eigenvalue weighted by Gasteiger charge is -2.33. The maximum absolute atomic E-state index is 12.7. The zero-order valence-corrected chi connectivity index (χ0v) is 16.9. The fourth-order valence-corrected chi connectivity index (χ4v) is 4.35. The van der Waals surface area contributed by atoms with Gasteiger partial charge in [0.25, 0.3) is 5.91 Å². The first-order chi connectivity index (χ1) is 13.6. The molecule has 0 N–H and O–H groups in total. The SMILES string of the molecule is Cc1ccc(C(=O)N2CCC(Cn3c(C)cnc3C3CCOCC3)CC2)cn1. The van der Waals surface area contributed by atoms with Crippen LogP contribution in [0.2, 0.25) is 0 Å². The molecule has 2 saturated heterocycles. The second kappa shape index (κ2) is 8.43. The number of ether oxygens (including phenoxy) is 1. The molecule has 28 heavy (non-hydrogen) atoms. The third-order valence-corrected chi connectivity index (χ3v) is 6.17. The Labute approximate surface area is 166 Å². The van der Waals surface area contributed by atoms with Gasteiger partial charge in [0.2, 0.25) is 0 Å². The molecule has 6 heteroatoms. The quantitative estimate of drug-likeness (QED) is 0.814. The van der Waals surface area contributed by atoms with Crippen molar-refractivity contribution < 1.29 is 9.53 Å². The van der Waals surface area contributed by atoms with Crippen LogP contribution in [0.15, 0.2) is 24.5 Å².